The van der Waals surface area contributed by atoms with Gasteiger partial charge in [-0.1, -0.05) is 12.1 Å². The fourth-order valence-electron chi connectivity index (χ4n) is 2.96. The topological polar surface area (TPSA) is 136 Å². The van der Waals surface area contributed by atoms with Gasteiger partial charge in [0.2, 0.25) is 5.91 Å². The Bertz CT molecular complexity index is 1050. The number of benzene rings is 2. The first-order valence-corrected chi connectivity index (χ1v) is 9.28. The Morgan fingerprint density at radius 2 is 1.90 bits per heavy atom. The molecule has 2 aromatic carbocycles. The van der Waals surface area contributed by atoms with Crippen molar-refractivity contribution < 1.29 is 14.7 Å². The number of nitrogen functional groups attached to an aromatic ring is 1. The Kier molecular flexibility index (Phi) is 5.56. The van der Waals surface area contributed by atoms with E-state index in [2.05, 4.69) is 10.4 Å². The first kappa shape index (κ1) is 20.3. The molecular weight excluding hydrogens is 370 g/mol. The number of hydrogen-bond donors (Lipinski definition) is 4. The molecule has 0 atom stereocenters. The van der Waals surface area contributed by atoms with Crippen molar-refractivity contribution in [3.8, 4) is 11.1 Å². The van der Waals surface area contributed by atoms with Crippen molar-refractivity contribution in [3.05, 3.63) is 48.2 Å². The molecule has 29 heavy (non-hydrogen) atoms. The molecule has 0 aliphatic heterocycles. The lowest BCUT2D eigenvalue weighted by Gasteiger charge is -2.16. The maximum Gasteiger partial charge on any atom is 0.251 e. The third-order valence-electron chi connectivity index (χ3n) is 4.56. The highest BCUT2D eigenvalue weighted by atomic mass is 16.3. The van der Waals surface area contributed by atoms with E-state index < -0.39 is 11.5 Å². The number of carbonyl (C=O) groups excluding carboxylic acids is 2. The van der Waals surface area contributed by atoms with Gasteiger partial charge >= 0.3 is 0 Å². The van der Waals surface area contributed by atoms with E-state index in [1.807, 2.05) is 18.3 Å². The molecule has 8 heteroatoms. The van der Waals surface area contributed by atoms with Gasteiger partial charge in [-0.3, -0.25) is 14.3 Å². The van der Waals surface area contributed by atoms with Gasteiger partial charge < -0.3 is 21.9 Å². The Labute approximate surface area is 168 Å². The van der Waals surface area contributed by atoms with Gasteiger partial charge in [-0.15, -0.1) is 0 Å². The van der Waals surface area contributed by atoms with Gasteiger partial charge in [-0.2, -0.15) is 5.10 Å². The molecule has 3 rings (SSSR count). The van der Waals surface area contributed by atoms with Crippen LogP contribution in [0.3, 0.4) is 0 Å². The molecule has 6 N–H and O–H groups in total. The van der Waals surface area contributed by atoms with E-state index in [4.69, 9.17) is 11.5 Å². The molecule has 1 heterocycles. The quantitative estimate of drug-likeness (QED) is 0.451. The Balaban J connectivity index is 1.82. The zero-order valence-electron chi connectivity index (χ0n) is 16.5. The SMILES string of the molecule is CC(C)(O)CCn1cc2cc(N)c(-c3ccc(C(=O)NCC(N)=O)cc3)cc2n1. The third-order valence-corrected chi connectivity index (χ3v) is 4.56. The fraction of sp³-hybridized carbons (Fsp3) is 0.286. The van der Waals surface area contributed by atoms with Crippen molar-refractivity contribution in [3.63, 3.8) is 0 Å². The van der Waals surface area contributed by atoms with Gasteiger partial charge in [-0.25, -0.2) is 0 Å². The minimum atomic E-state index is -0.756. The summed E-state index contributed by atoms with van der Waals surface area (Å²) in [4.78, 5) is 22.8. The van der Waals surface area contributed by atoms with E-state index in [-0.39, 0.29) is 12.5 Å². The summed E-state index contributed by atoms with van der Waals surface area (Å²) in [5.74, 6) is -0.970. The molecular formula is C21H25N5O3. The Morgan fingerprint density at radius 3 is 2.52 bits per heavy atom. The fourth-order valence-corrected chi connectivity index (χ4v) is 2.96. The molecule has 0 aliphatic rings. The zero-order chi connectivity index (χ0) is 21.2. The van der Waals surface area contributed by atoms with E-state index in [0.717, 1.165) is 22.0 Å². The number of aromatic nitrogens is 2. The number of aliphatic hydroxyl groups is 1. The second kappa shape index (κ2) is 7.92. The van der Waals surface area contributed by atoms with Crippen LogP contribution < -0.4 is 16.8 Å². The van der Waals surface area contributed by atoms with Gasteiger partial charge in [0.25, 0.3) is 5.91 Å². The van der Waals surface area contributed by atoms with Crippen LogP contribution in [0.5, 0.6) is 0 Å². The number of aryl methyl sites for hydroxylation is 1. The number of nitrogens with one attached hydrogen (secondary N) is 1. The maximum absolute atomic E-state index is 12.0. The summed E-state index contributed by atoms with van der Waals surface area (Å²) in [6, 6.07) is 10.7. The van der Waals surface area contributed by atoms with Crippen molar-refractivity contribution in [2.45, 2.75) is 32.4 Å². The number of anilines is 1. The van der Waals surface area contributed by atoms with E-state index >= 15 is 0 Å². The average molecular weight is 395 g/mol. The third kappa shape index (κ3) is 5.11. The first-order chi connectivity index (χ1) is 13.6. The summed E-state index contributed by atoms with van der Waals surface area (Å²) in [6.07, 6.45) is 2.50. The summed E-state index contributed by atoms with van der Waals surface area (Å²) in [7, 11) is 0. The molecule has 0 saturated heterocycles. The van der Waals surface area contributed by atoms with E-state index in [1.54, 1.807) is 42.8 Å². The highest BCUT2D eigenvalue weighted by molar-refractivity contribution is 5.97. The molecule has 0 unspecified atom stereocenters. The molecule has 0 radical (unpaired) electrons. The summed E-state index contributed by atoms with van der Waals surface area (Å²) in [5.41, 5.74) is 14.0. The van der Waals surface area contributed by atoms with Gasteiger partial charge in [0.15, 0.2) is 0 Å². The van der Waals surface area contributed by atoms with Crippen molar-refractivity contribution in [1.82, 2.24) is 15.1 Å². The maximum atomic E-state index is 12.0. The van der Waals surface area contributed by atoms with Crippen molar-refractivity contribution in [2.24, 2.45) is 5.73 Å². The Morgan fingerprint density at radius 1 is 1.21 bits per heavy atom. The van der Waals surface area contributed by atoms with Crippen molar-refractivity contribution in [2.75, 3.05) is 12.3 Å². The molecule has 3 aromatic rings. The number of amides is 2. The van der Waals surface area contributed by atoms with Gasteiger partial charge in [0.1, 0.15) is 0 Å². The molecule has 0 bridgehead atoms. The average Bonchev–Trinajstić information content (AvgIpc) is 3.05. The lowest BCUT2D eigenvalue weighted by atomic mass is 10.0. The molecule has 0 aliphatic carbocycles. The first-order valence-electron chi connectivity index (χ1n) is 9.28. The predicted molar refractivity (Wildman–Crippen MR) is 112 cm³/mol. The zero-order valence-corrected chi connectivity index (χ0v) is 16.5. The van der Waals surface area contributed by atoms with Crippen LogP contribution in [0.4, 0.5) is 5.69 Å². The summed E-state index contributed by atoms with van der Waals surface area (Å²) >= 11 is 0. The minimum Gasteiger partial charge on any atom is -0.398 e. The predicted octanol–water partition coefficient (Wildman–Crippen LogP) is 1.66. The van der Waals surface area contributed by atoms with Crippen LogP contribution >= 0.6 is 0 Å². The van der Waals surface area contributed by atoms with Crippen LogP contribution in [-0.4, -0.2) is 38.8 Å². The van der Waals surface area contributed by atoms with Crippen LogP contribution in [0.15, 0.2) is 42.6 Å². The summed E-state index contributed by atoms with van der Waals surface area (Å²) < 4.78 is 1.80. The monoisotopic (exact) mass is 395 g/mol. The van der Waals surface area contributed by atoms with Crippen LogP contribution in [0.25, 0.3) is 22.0 Å². The lowest BCUT2D eigenvalue weighted by Crippen LogP contribution is -2.33. The Hall–Kier alpha value is -3.39. The second-order valence-electron chi connectivity index (χ2n) is 7.68. The number of carbonyl (C=O) groups is 2. The summed E-state index contributed by atoms with van der Waals surface area (Å²) in [6.45, 7) is 3.93. The number of fused-ring (bicyclic) bond motifs is 1. The molecule has 0 saturated carbocycles. The largest absolute Gasteiger partial charge is 0.398 e. The summed E-state index contributed by atoms with van der Waals surface area (Å²) in [5, 5.41) is 17.8. The number of nitrogens with zero attached hydrogens (tertiary/aromatic N) is 2. The van der Waals surface area contributed by atoms with Crippen molar-refractivity contribution >= 4 is 28.4 Å². The molecule has 152 valence electrons. The van der Waals surface area contributed by atoms with Crippen molar-refractivity contribution in [1.29, 1.82) is 0 Å². The molecule has 8 nitrogen and oxygen atoms in total. The van der Waals surface area contributed by atoms with Crippen LogP contribution in [0, 0.1) is 0 Å². The normalized spacial score (nSPS) is 11.6. The standard InChI is InChI=1S/C21H25N5O3/c1-21(2,29)7-8-26-12-15-9-17(22)16(10-18(15)25-26)13-3-5-14(6-4-13)20(28)24-11-19(23)27/h3-6,9-10,12,29H,7-8,11,22H2,1-2H3,(H2,23,27)(H,24,28). The van der Waals surface area contributed by atoms with E-state index in [1.165, 1.54) is 0 Å². The highest BCUT2D eigenvalue weighted by Crippen LogP contribution is 2.30. The number of primary amides is 1. The molecule has 2 amide bonds. The van der Waals surface area contributed by atoms with E-state index in [9.17, 15) is 14.7 Å². The molecule has 0 fully saturated rings. The minimum absolute atomic E-state index is 0.208. The highest BCUT2D eigenvalue weighted by Gasteiger charge is 2.14. The van der Waals surface area contributed by atoms with Crippen LogP contribution in [0.1, 0.15) is 30.6 Å². The smallest absolute Gasteiger partial charge is 0.251 e. The molecule has 0 spiro atoms. The number of hydrogen-bond acceptors (Lipinski definition) is 5. The lowest BCUT2D eigenvalue weighted by molar-refractivity contribution is -0.117. The van der Waals surface area contributed by atoms with Gasteiger partial charge in [-0.05, 0) is 50.1 Å². The number of nitrogens with two attached hydrogens (primary N) is 2. The second-order valence-corrected chi connectivity index (χ2v) is 7.68. The number of rotatable bonds is 7. The van der Waals surface area contributed by atoms with Crippen LogP contribution in [0.2, 0.25) is 0 Å². The molecule has 1 aromatic heterocycles. The van der Waals surface area contributed by atoms with Gasteiger partial charge in [0.05, 0.1) is 17.7 Å². The van der Waals surface area contributed by atoms with Crippen LogP contribution in [-0.2, 0) is 11.3 Å². The van der Waals surface area contributed by atoms with Gasteiger partial charge in [0, 0.05) is 34.9 Å². The van der Waals surface area contributed by atoms with E-state index in [0.29, 0.717) is 24.2 Å².